The summed E-state index contributed by atoms with van der Waals surface area (Å²) < 4.78 is 22.0. The summed E-state index contributed by atoms with van der Waals surface area (Å²) in [6, 6.07) is 15.4. The van der Waals surface area contributed by atoms with Crippen LogP contribution >= 0.6 is 0 Å². The first-order chi connectivity index (χ1) is 14.7. The quantitative estimate of drug-likeness (QED) is 0.317. The number of unbranched alkanes of at least 4 members (excludes halogenated alkanes) is 1. The summed E-state index contributed by atoms with van der Waals surface area (Å²) in [6.45, 7) is 2.36. The van der Waals surface area contributed by atoms with E-state index in [-0.39, 0.29) is 5.97 Å². The van der Waals surface area contributed by atoms with Gasteiger partial charge in [-0.05, 0) is 73.4 Å². The molecule has 0 bridgehead atoms. The lowest BCUT2D eigenvalue weighted by Gasteiger charge is -2.18. The molecule has 0 amide bonds. The van der Waals surface area contributed by atoms with Gasteiger partial charge >= 0.3 is 5.97 Å². The van der Waals surface area contributed by atoms with E-state index in [1.807, 2.05) is 36.4 Å². The van der Waals surface area contributed by atoms with Gasteiger partial charge in [-0.25, -0.2) is 4.79 Å². The van der Waals surface area contributed by atoms with Crippen LogP contribution in [0, 0.1) is 5.92 Å². The van der Waals surface area contributed by atoms with Crippen LogP contribution in [-0.4, -0.2) is 45.1 Å². The SMILES string of the molecule is COC(=O)c1ccc(-c2ccc(OCCCCOCC3CCC4OC4C3)cc2)cc1. The Balaban J connectivity index is 1.11. The van der Waals surface area contributed by atoms with Crippen LogP contribution in [0.25, 0.3) is 11.1 Å². The zero-order valence-corrected chi connectivity index (χ0v) is 17.5. The lowest BCUT2D eigenvalue weighted by Crippen LogP contribution is -2.18. The number of rotatable bonds is 10. The van der Waals surface area contributed by atoms with Gasteiger partial charge in [0.05, 0.1) is 31.5 Å². The van der Waals surface area contributed by atoms with Gasteiger partial charge in [0.15, 0.2) is 0 Å². The third-order valence-electron chi connectivity index (χ3n) is 5.91. The minimum Gasteiger partial charge on any atom is -0.494 e. The van der Waals surface area contributed by atoms with Crippen LogP contribution in [0.15, 0.2) is 48.5 Å². The molecule has 1 heterocycles. The first-order valence-electron chi connectivity index (χ1n) is 10.9. The molecule has 2 aliphatic rings. The molecule has 1 saturated heterocycles. The van der Waals surface area contributed by atoms with E-state index in [2.05, 4.69) is 0 Å². The topological polar surface area (TPSA) is 57.3 Å². The van der Waals surface area contributed by atoms with E-state index in [4.69, 9.17) is 18.9 Å². The molecule has 0 aromatic heterocycles. The molecule has 1 aliphatic carbocycles. The van der Waals surface area contributed by atoms with Gasteiger partial charge in [-0.3, -0.25) is 0 Å². The number of esters is 1. The molecule has 0 N–H and O–H groups in total. The molecule has 30 heavy (non-hydrogen) atoms. The molecule has 160 valence electrons. The first kappa shape index (κ1) is 20.9. The van der Waals surface area contributed by atoms with Crippen molar-refractivity contribution < 1.29 is 23.7 Å². The van der Waals surface area contributed by atoms with E-state index in [1.54, 1.807) is 12.1 Å². The third kappa shape index (κ3) is 5.61. The number of methoxy groups -OCH3 is 1. The fourth-order valence-corrected chi connectivity index (χ4v) is 4.04. The highest BCUT2D eigenvalue weighted by atomic mass is 16.6. The Morgan fingerprint density at radius 2 is 1.63 bits per heavy atom. The molecular weight excluding hydrogens is 380 g/mol. The zero-order chi connectivity index (χ0) is 20.8. The van der Waals surface area contributed by atoms with Gasteiger partial charge in [0.2, 0.25) is 0 Å². The summed E-state index contributed by atoms with van der Waals surface area (Å²) >= 11 is 0. The number of benzene rings is 2. The lowest BCUT2D eigenvalue weighted by molar-refractivity contribution is 0.0600. The van der Waals surface area contributed by atoms with Crippen LogP contribution < -0.4 is 4.74 Å². The second-order valence-electron chi connectivity index (χ2n) is 8.12. The van der Waals surface area contributed by atoms with Crippen molar-refractivity contribution in [3.05, 3.63) is 54.1 Å². The van der Waals surface area contributed by atoms with Gasteiger partial charge in [-0.2, -0.15) is 0 Å². The van der Waals surface area contributed by atoms with Crippen LogP contribution in [0.1, 0.15) is 42.5 Å². The Bertz CT molecular complexity index is 814. The number of hydrogen-bond donors (Lipinski definition) is 0. The Kier molecular flexibility index (Phi) is 7.03. The lowest BCUT2D eigenvalue weighted by atomic mass is 9.90. The number of fused-ring (bicyclic) bond motifs is 1. The van der Waals surface area contributed by atoms with Crippen molar-refractivity contribution in [2.75, 3.05) is 26.9 Å². The second-order valence-corrected chi connectivity index (χ2v) is 8.12. The number of ether oxygens (including phenoxy) is 4. The van der Waals surface area contributed by atoms with Crippen LogP contribution in [0.2, 0.25) is 0 Å². The van der Waals surface area contributed by atoms with Gasteiger partial charge in [0.1, 0.15) is 5.75 Å². The van der Waals surface area contributed by atoms with E-state index in [1.165, 1.54) is 26.4 Å². The van der Waals surface area contributed by atoms with E-state index >= 15 is 0 Å². The van der Waals surface area contributed by atoms with Crippen molar-refractivity contribution in [3.8, 4) is 16.9 Å². The highest BCUT2D eigenvalue weighted by molar-refractivity contribution is 5.89. The summed E-state index contributed by atoms with van der Waals surface area (Å²) in [7, 11) is 1.39. The Hall–Kier alpha value is -2.37. The second kappa shape index (κ2) is 10.1. The molecule has 3 unspecified atom stereocenters. The third-order valence-corrected chi connectivity index (χ3v) is 5.91. The molecule has 0 spiro atoms. The smallest absolute Gasteiger partial charge is 0.337 e. The standard InChI is InChI=1S/C25H30O5/c1-27-25(26)21-7-5-19(6-8-21)20-9-11-22(12-10-20)29-15-3-2-14-28-17-18-4-13-23-24(16-18)30-23/h5-12,18,23-24H,2-4,13-17H2,1H3. The van der Waals surface area contributed by atoms with E-state index in [9.17, 15) is 4.79 Å². The predicted molar refractivity (Wildman–Crippen MR) is 115 cm³/mol. The highest BCUT2D eigenvalue weighted by Gasteiger charge is 2.43. The molecule has 0 radical (unpaired) electrons. The summed E-state index contributed by atoms with van der Waals surface area (Å²) in [5.41, 5.74) is 2.68. The maximum atomic E-state index is 11.5. The molecule has 3 atom stereocenters. The van der Waals surface area contributed by atoms with Crippen molar-refractivity contribution in [2.45, 2.75) is 44.3 Å². The number of carbonyl (C=O) groups excluding carboxylic acids is 1. The average molecular weight is 411 g/mol. The summed E-state index contributed by atoms with van der Waals surface area (Å²) in [6.07, 6.45) is 6.74. The van der Waals surface area contributed by atoms with Crippen molar-refractivity contribution in [3.63, 3.8) is 0 Å². The van der Waals surface area contributed by atoms with Gasteiger partial charge in [0, 0.05) is 13.2 Å². The minimum absolute atomic E-state index is 0.323. The van der Waals surface area contributed by atoms with Crippen molar-refractivity contribution in [2.24, 2.45) is 5.92 Å². The van der Waals surface area contributed by atoms with Gasteiger partial charge in [-0.1, -0.05) is 24.3 Å². The maximum Gasteiger partial charge on any atom is 0.337 e. The number of carbonyl (C=O) groups is 1. The highest BCUT2D eigenvalue weighted by Crippen LogP contribution is 2.39. The Labute approximate surface area is 178 Å². The minimum atomic E-state index is -0.323. The van der Waals surface area contributed by atoms with E-state index in [0.717, 1.165) is 42.9 Å². The van der Waals surface area contributed by atoms with Crippen molar-refractivity contribution in [1.82, 2.24) is 0 Å². The number of hydrogen-bond acceptors (Lipinski definition) is 5. The van der Waals surface area contributed by atoms with Crippen molar-refractivity contribution >= 4 is 5.97 Å². The molecule has 2 aromatic rings. The molecule has 1 saturated carbocycles. The largest absolute Gasteiger partial charge is 0.494 e. The van der Waals surface area contributed by atoms with E-state index < -0.39 is 0 Å². The van der Waals surface area contributed by atoms with Gasteiger partial charge < -0.3 is 18.9 Å². The molecule has 4 rings (SSSR count). The van der Waals surface area contributed by atoms with Crippen LogP contribution in [0.4, 0.5) is 0 Å². The average Bonchev–Trinajstić information content (AvgIpc) is 3.57. The molecule has 5 heteroatoms. The zero-order valence-electron chi connectivity index (χ0n) is 17.5. The van der Waals surface area contributed by atoms with E-state index in [0.29, 0.717) is 30.3 Å². The molecule has 1 aliphatic heterocycles. The van der Waals surface area contributed by atoms with Gasteiger partial charge in [-0.15, -0.1) is 0 Å². The molecular formula is C25H30O5. The summed E-state index contributed by atoms with van der Waals surface area (Å²) in [4.78, 5) is 11.5. The number of epoxide rings is 1. The van der Waals surface area contributed by atoms with Crippen LogP contribution in [-0.2, 0) is 14.2 Å². The Morgan fingerprint density at radius 3 is 2.33 bits per heavy atom. The first-order valence-corrected chi connectivity index (χ1v) is 10.9. The fraction of sp³-hybridized carbons (Fsp3) is 0.480. The van der Waals surface area contributed by atoms with Crippen LogP contribution in [0.3, 0.4) is 0 Å². The molecule has 2 aromatic carbocycles. The van der Waals surface area contributed by atoms with Gasteiger partial charge in [0.25, 0.3) is 0 Å². The monoisotopic (exact) mass is 410 g/mol. The normalized spacial score (nSPS) is 22.2. The predicted octanol–water partition coefficient (Wildman–Crippen LogP) is 4.88. The fourth-order valence-electron chi connectivity index (χ4n) is 4.04. The van der Waals surface area contributed by atoms with Crippen LogP contribution in [0.5, 0.6) is 5.75 Å². The summed E-state index contributed by atoms with van der Waals surface area (Å²) in [5, 5.41) is 0. The summed E-state index contributed by atoms with van der Waals surface area (Å²) in [5.74, 6) is 1.22. The maximum absolute atomic E-state index is 11.5. The molecule has 2 fully saturated rings. The Morgan fingerprint density at radius 1 is 0.933 bits per heavy atom. The van der Waals surface area contributed by atoms with Crippen molar-refractivity contribution in [1.29, 1.82) is 0 Å². The molecule has 5 nitrogen and oxygen atoms in total.